The quantitative estimate of drug-likeness (QED) is 0.771. The van der Waals surface area contributed by atoms with Crippen LogP contribution in [0, 0.1) is 5.92 Å². The van der Waals surface area contributed by atoms with Crippen molar-refractivity contribution in [2.45, 2.75) is 31.7 Å². The lowest BCUT2D eigenvalue weighted by atomic mass is 9.91. The Labute approximate surface area is 103 Å². The molecule has 0 aliphatic carbocycles. The molecule has 0 bridgehead atoms. The summed E-state index contributed by atoms with van der Waals surface area (Å²) in [5.74, 6) is 0.865. The SMILES string of the molecule is C[C@@H]1CN[C@H]2c3ccc(C(F)(F)F)cc3O[C@H]2C1. The molecule has 3 rings (SSSR count). The van der Waals surface area contributed by atoms with Crippen molar-refractivity contribution in [2.75, 3.05) is 6.54 Å². The average Bonchev–Trinajstić information content (AvgIpc) is 2.63. The van der Waals surface area contributed by atoms with Crippen LogP contribution >= 0.6 is 0 Å². The van der Waals surface area contributed by atoms with Crippen molar-refractivity contribution >= 4 is 0 Å². The molecule has 1 saturated heterocycles. The van der Waals surface area contributed by atoms with Crippen LogP contribution in [-0.4, -0.2) is 12.6 Å². The lowest BCUT2D eigenvalue weighted by Gasteiger charge is -2.29. The van der Waals surface area contributed by atoms with Crippen molar-refractivity contribution in [1.82, 2.24) is 5.32 Å². The highest BCUT2D eigenvalue weighted by Crippen LogP contribution is 2.43. The van der Waals surface area contributed by atoms with Gasteiger partial charge in [0.25, 0.3) is 0 Å². The molecule has 0 saturated carbocycles. The first kappa shape index (κ1) is 11.8. The van der Waals surface area contributed by atoms with Crippen LogP contribution in [0.3, 0.4) is 0 Å². The van der Waals surface area contributed by atoms with Gasteiger partial charge in [-0.05, 0) is 31.0 Å². The molecule has 0 radical (unpaired) electrons. The van der Waals surface area contributed by atoms with Crippen molar-refractivity contribution in [3.8, 4) is 5.75 Å². The molecular formula is C13H14F3NO. The number of ether oxygens (including phenoxy) is 1. The minimum atomic E-state index is -4.31. The van der Waals surface area contributed by atoms with E-state index >= 15 is 0 Å². The van der Waals surface area contributed by atoms with Gasteiger partial charge in [-0.15, -0.1) is 0 Å². The van der Waals surface area contributed by atoms with Gasteiger partial charge < -0.3 is 10.1 Å². The summed E-state index contributed by atoms with van der Waals surface area (Å²) in [6.45, 7) is 2.99. The third-order valence-electron chi connectivity index (χ3n) is 3.65. The number of nitrogens with one attached hydrogen (secondary N) is 1. The van der Waals surface area contributed by atoms with Crippen molar-refractivity contribution in [3.05, 3.63) is 29.3 Å². The fourth-order valence-corrected chi connectivity index (χ4v) is 2.73. The largest absolute Gasteiger partial charge is 0.488 e. The molecule has 18 heavy (non-hydrogen) atoms. The molecule has 0 aromatic heterocycles. The van der Waals surface area contributed by atoms with Gasteiger partial charge in [-0.2, -0.15) is 13.2 Å². The summed E-state index contributed by atoms with van der Waals surface area (Å²) in [7, 11) is 0. The van der Waals surface area contributed by atoms with E-state index in [1.807, 2.05) is 0 Å². The minimum Gasteiger partial charge on any atom is -0.488 e. The van der Waals surface area contributed by atoms with Crippen LogP contribution in [-0.2, 0) is 6.18 Å². The second kappa shape index (κ2) is 3.88. The van der Waals surface area contributed by atoms with Gasteiger partial charge in [-0.3, -0.25) is 0 Å². The van der Waals surface area contributed by atoms with Crippen molar-refractivity contribution in [1.29, 1.82) is 0 Å². The van der Waals surface area contributed by atoms with Crippen LogP contribution in [0.2, 0.25) is 0 Å². The molecule has 2 aliphatic heterocycles. The first-order chi connectivity index (χ1) is 8.45. The highest BCUT2D eigenvalue weighted by molar-refractivity contribution is 5.44. The number of alkyl halides is 3. The van der Waals surface area contributed by atoms with Gasteiger partial charge in [0.05, 0.1) is 11.6 Å². The average molecular weight is 257 g/mol. The Balaban J connectivity index is 1.93. The molecule has 2 nitrogen and oxygen atoms in total. The fourth-order valence-electron chi connectivity index (χ4n) is 2.73. The Morgan fingerprint density at radius 2 is 2.11 bits per heavy atom. The van der Waals surface area contributed by atoms with E-state index in [4.69, 9.17) is 4.74 Å². The standard InChI is InChI=1S/C13H14F3NO/c1-7-4-11-12(17-6-7)9-3-2-8(13(14,15)16)5-10(9)18-11/h2-3,5,7,11-12,17H,4,6H2,1H3/t7-,11-,12-/m0/s1. The van der Waals surface area contributed by atoms with Gasteiger partial charge in [-0.25, -0.2) is 0 Å². The molecule has 0 amide bonds. The number of benzene rings is 1. The number of piperidine rings is 1. The zero-order chi connectivity index (χ0) is 12.9. The highest BCUT2D eigenvalue weighted by atomic mass is 19.4. The van der Waals surface area contributed by atoms with E-state index in [1.165, 1.54) is 6.07 Å². The number of hydrogen-bond donors (Lipinski definition) is 1. The van der Waals surface area contributed by atoms with E-state index in [0.717, 1.165) is 30.7 Å². The number of hydrogen-bond acceptors (Lipinski definition) is 2. The van der Waals surface area contributed by atoms with Crippen LogP contribution in [0.15, 0.2) is 18.2 Å². The smallest absolute Gasteiger partial charge is 0.416 e. The molecule has 1 N–H and O–H groups in total. The van der Waals surface area contributed by atoms with E-state index in [9.17, 15) is 13.2 Å². The lowest BCUT2D eigenvalue weighted by molar-refractivity contribution is -0.137. The predicted octanol–water partition coefficient (Wildman–Crippen LogP) is 3.14. The molecule has 0 spiro atoms. The van der Waals surface area contributed by atoms with E-state index in [-0.39, 0.29) is 12.1 Å². The summed E-state index contributed by atoms with van der Waals surface area (Å²) in [5.41, 5.74) is 0.202. The maximum absolute atomic E-state index is 12.6. The second-order valence-electron chi connectivity index (χ2n) is 5.13. The van der Waals surface area contributed by atoms with Crippen LogP contribution in [0.4, 0.5) is 13.2 Å². The van der Waals surface area contributed by atoms with Crippen LogP contribution in [0.25, 0.3) is 0 Å². The maximum Gasteiger partial charge on any atom is 0.416 e. The van der Waals surface area contributed by atoms with Gasteiger partial charge >= 0.3 is 6.18 Å². The van der Waals surface area contributed by atoms with Gasteiger partial charge in [0, 0.05) is 5.56 Å². The van der Waals surface area contributed by atoms with Crippen LogP contribution < -0.4 is 10.1 Å². The summed E-state index contributed by atoms with van der Waals surface area (Å²) in [6.07, 6.45) is -3.46. The predicted molar refractivity (Wildman–Crippen MR) is 60.4 cm³/mol. The molecule has 1 aromatic carbocycles. The van der Waals surface area contributed by atoms with Crippen LogP contribution in [0.5, 0.6) is 5.75 Å². The van der Waals surface area contributed by atoms with Crippen molar-refractivity contribution in [3.63, 3.8) is 0 Å². The zero-order valence-electron chi connectivity index (χ0n) is 9.92. The van der Waals surface area contributed by atoms with E-state index in [2.05, 4.69) is 12.2 Å². The number of rotatable bonds is 0. The second-order valence-corrected chi connectivity index (χ2v) is 5.13. The third-order valence-corrected chi connectivity index (χ3v) is 3.65. The van der Waals surface area contributed by atoms with Gasteiger partial charge in [0.2, 0.25) is 0 Å². The first-order valence-electron chi connectivity index (χ1n) is 6.06. The van der Waals surface area contributed by atoms with Gasteiger partial charge in [0.1, 0.15) is 11.9 Å². The molecule has 2 heterocycles. The molecule has 98 valence electrons. The monoisotopic (exact) mass is 257 g/mol. The normalized spacial score (nSPS) is 30.6. The Bertz CT molecular complexity index is 472. The Morgan fingerprint density at radius 3 is 2.83 bits per heavy atom. The number of halogens is 3. The van der Waals surface area contributed by atoms with Crippen molar-refractivity contribution in [2.24, 2.45) is 5.92 Å². The number of fused-ring (bicyclic) bond motifs is 3. The summed E-state index contributed by atoms with van der Waals surface area (Å²) in [4.78, 5) is 0. The van der Waals surface area contributed by atoms with Gasteiger partial charge in [0.15, 0.2) is 0 Å². The Hall–Kier alpha value is -1.23. The molecule has 1 aromatic rings. The third kappa shape index (κ3) is 1.86. The Morgan fingerprint density at radius 1 is 1.33 bits per heavy atom. The first-order valence-corrected chi connectivity index (χ1v) is 6.06. The maximum atomic E-state index is 12.6. The molecule has 1 fully saturated rings. The van der Waals surface area contributed by atoms with E-state index in [0.29, 0.717) is 11.7 Å². The van der Waals surface area contributed by atoms with E-state index in [1.54, 1.807) is 0 Å². The van der Waals surface area contributed by atoms with Crippen molar-refractivity contribution < 1.29 is 17.9 Å². The summed E-state index contributed by atoms with van der Waals surface area (Å²) in [6, 6.07) is 3.81. The summed E-state index contributed by atoms with van der Waals surface area (Å²) >= 11 is 0. The molecule has 5 heteroatoms. The molecule has 3 atom stereocenters. The van der Waals surface area contributed by atoms with Crippen LogP contribution in [0.1, 0.15) is 30.5 Å². The molecular weight excluding hydrogens is 243 g/mol. The fraction of sp³-hybridized carbons (Fsp3) is 0.538. The summed E-state index contributed by atoms with van der Waals surface area (Å²) < 4.78 is 43.5. The zero-order valence-corrected chi connectivity index (χ0v) is 9.92. The topological polar surface area (TPSA) is 21.3 Å². The Kier molecular flexibility index (Phi) is 2.55. The van der Waals surface area contributed by atoms with Gasteiger partial charge in [-0.1, -0.05) is 13.0 Å². The molecule has 0 unspecified atom stereocenters. The minimum absolute atomic E-state index is 0.0350. The highest BCUT2D eigenvalue weighted by Gasteiger charge is 2.40. The van der Waals surface area contributed by atoms with E-state index < -0.39 is 11.7 Å². The molecule has 2 aliphatic rings. The summed E-state index contributed by atoms with van der Waals surface area (Å²) in [5, 5.41) is 3.34. The lowest BCUT2D eigenvalue weighted by Crippen LogP contribution is -2.41.